The number of hydrogen-bond acceptors (Lipinski definition) is 5. The molecule has 2 aromatic heterocycles. The Morgan fingerprint density at radius 3 is 2.87 bits per heavy atom. The summed E-state index contributed by atoms with van der Waals surface area (Å²) < 4.78 is 30.6. The molecule has 8 nitrogen and oxygen atoms in total. The fraction of sp³-hybridized carbons (Fsp3) is 0.643. The van der Waals surface area contributed by atoms with Crippen LogP contribution in [0.5, 0.6) is 0 Å². The minimum Gasteiger partial charge on any atom is -0.339 e. The summed E-state index contributed by atoms with van der Waals surface area (Å²) in [6.45, 7) is 3.93. The maximum atomic E-state index is 12.7. The zero-order valence-corrected chi connectivity index (χ0v) is 14.3. The van der Waals surface area contributed by atoms with Gasteiger partial charge >= 0.3 is 0 Å². The van der Waals surface area contributed by atoms with Gasteiger partial charge in [-0.3, -0.25) is 0 Å². The molecule has 1 saturated heterocycles. The van der Waals surface area contributed by atoms with Gasteiger partial charge in [-0.05, 0) is 25.7 Å². The highest BCUT2D eigenvalue weighted by molar-refractivity contribution is 7.89. The van der Waals surface area contributed by atoms with E-state index in [4.69, 9.17) is 0 Å². The van der Waals surface area contributed by atoms with E-state index in [1.807, 2.05) is 11.5 Å². The van der Waals surface area contributed by atoms with Crippen LogP contribution in [0.15, 0.2) is 23.9 Å². The molecular weight excluding hydrogens is 316 g/mol. The van der Waals surface area contributed by atoms with E-state index in [1.165, 1.54) is 6.33 Å². The average Bonchev–Trinajstić information content (AvgIpc) is 3.16. The van der Waals surface area contributed by atoms with E-state index in [0.717, 1.165) is 31.6 Å². The largest absolute Gasteiger partial charge is 0.339 e. The van der Waals surface area contributed by atoms with Gasteiger partial charge in [-0.25, -0.2) is 13.4 Å². The molecule has 3 rings (SSSR count). The van der Waals surface area contributed by atoms with Gasteiger partial charge in [0, 0.05) is 39.3 Å². The minimum absolute atomic E-state index is 0.123. The Bertz CT molecular complexity index is 766. The van der Waals surface area contributed by atoms with Crippen LogP contribution < -0.4 is 0 Å². The van der Waals surface area contributed by atoms with Gasteiger partial charge in [0.15, 0.2) is 5.03 Å². The van der Waals surface area contributed by atoms with Gasteiger partial charge in [0.2, 0.25) is 0 Å². The quantitative estimate of drug-likeness (QED) is 0.800. The molecule has 126 valence electrons. The van der Waals surface area contributed by atoms with Crippen molar-refractivity contribution in [2.75, 3.05) is 13.1 Å². The second kappa shape index (κ2) is 6.40. The molecule has 1 atom stereocenters. The molecule has 1 unspecified atom stereocenters. The Labute approximate surface area is 136 Å². The van der Waals surface area contributed by atoms with Crippen molar-refractivity contribution in [1.82, 2.24) is 28.6 Å². The second-order valence-electron chi connectivity index (χ2n) is 5.99. The molecule has 23 heavy (non-hydrogen) atoms. The van der Waals surface area contributed by atoms with E-state index in [9.17, 15) is 8.42 Å². The fourth-order valence-electron chi connectivity index (χ4n) is 3.03. The Balaban J connectivity index is 1.73. The average molecular weight is 338 g/mol. The summed E-state index contributed by atoms with van der Waals surface area (Å²) in [7, 11) is -1.74. The first-order valence-corrected chi connectivity index (χ1v) is 9.29. The Morgan fingerprint density at radius 1 is 1.35 bits per heavy atom. The van der Waals surface area contributed by atoms with Gasteiger partial charge in [-0.1, -0.05) is 0 Å². The first kappa shape index (κ1) is 16.1. The summed E-state index contributed by atoms with van der Waals surface area (Å²) >= 11 is 0. The fourth-order valence-corrected chi connectivity index (χ4v) is 4.55. The summed E-state index contributed by atoms with van der Waals surface area (Å²) in [5, 5.41) is 8.23. The van der Waals surface area contributed by atoms with E-state index < -0.39 is 10.0 Å². The predicted molar refractivity (Wildman–Crippen MR) is 84.1 cm³/mol. The molecule has 9 heteroatoms. The summed E-state index contributed by atoms with van der Waals surface area (Å²) in [4.78, 5) is 4.00. The highest BCUT2D eigenvalue weighted by atomic mass is 32.2. The first-order valence-electron chi connectivity index (χ1n) is 7.85. The van der Waals surface area contributed by atoms with Crippen molar-refractivity contribution in [3.63, 3.8) is 0 Å². The van der Waals surface area contributed by atoms with Crippen molar-refractivity contribution in [2.24, 2.45) is 13.0 Å². The smallest absolute Gasteiger partial charge is 0.262 e. The summed E-state index contributed by atoms with van der Waals surface area (Å²) in [6.07, 6.45) is 7.40. The van der Waals surface area contributed by atoms with Crippen molar-refractivity contribution in [1.29, 1.82) is 0 Å². The van der Waals surface area contributed by atoms with Gasteiger partial charge in [-0.15, -0.1) is 10.2 Å². The molecule has 0 aromatic carbocycles. The third-order valence-corrected chi connectivity index (χ3v) is 6.03. The summed E-state index contributed by atoms with van der Waals surface area (Å²) in [5.74, 6) is 1.19. The molecule has 0 saturated carbocycles. The van der Waals surface area contributed by atoms with Crippen molar-refractivity contribution < 1.29 is 8.42 Å². The van der Waals surface area contributed by atoms with Gasteiger partial charge in [0.1, 0.15) is 12.2 Å². The third-order valence-electron chi connectivity index (χ3n) is 4.27. The van der Waals surface area contributed by atoms with E-state index >= 15 is 0 Å². The van der Waals surface area contributed by atoms with E-state index in [1.54, 1.807) is 28.4 Å². The molecule has 0 aliphatic carbocycles. The molecule has 1 fully saturated rings. The van der Waals surface area contributed by atoms with Crippen LogP contribution in [0.25, 0.3) is 0 Å². The van der Waals surface area contributed by atoms with Crippen LogP contribution in [0, 0.1) is 5.92 Å². The molecule has 0 spiro atoms. The molecule has 2 aromatic rings. The van der Waals surface area contributed by atoms with Crippen LogP contribution in [0.4, 0.5) is 0 Å². The van der Waals surface area contributed by atoms with Crippen LogP contribution in [-0.4, -0.2) is 50.1 Å². The van der Waals surface area contributed by atoms with Crippen LogP contribution in [0.2, 0.25) is 0 Å². The number of piperidine rings is 1. The lowest BCUT2D eigenvalue weighted by Gasteiger charge is -2.31. The summed E-state index contributed by atoms with van der Waals surface area (Å²) in [6, 6.07) is 0. The standard InChI is InChI=1S/C14H22N6O2S/c1-3-19-11-16-17-13(19)7-12-5-4-6-20(8-12)23(21,22)14-9-18(2)10-15-14/h9-12H,3-8H2,1-2H3. The number of nitrogens with zero attached hydrogens (tertiary/aromatic N) is 6. The zero-order valence-electron chi connectivity index (χ0n) is 13.5. The molecule has 1 aliphatic heterocycles. The normalized spacial score (nSPS) is 20.0. The lowest BCUT2D eigenvalue weighted by atomic mass is 9.96. The molecule has 0 bridgehead atoms. The summed E-state index contributed by atoms with van der Waals surface area (Å²) in [5.41, 5.74) is 0. The van der Waals surface area contributed by atoms with Crippen LogP contribution in [-0.2, 0) is 30.0 Å². The zero-order chi connectivity index (χ0) is 16.4. The number of hydrogen-bond donors (Lipinski definition) is 0. The van der Waals surface area contributed by atoms with Gasteiger partial charge in [0.25, 0.3) is 10.0 Å². The van der Waals surface area contributed by atoms with Crippen LogP contribution in [0.3, 0.4) is 0 Å². The van der Waals surface area contributed by atoms with Crippen LogP contribution in [0.1, 0.15) is 25.6 Å². The van der Waals surface area contributed by atoms with E-state index in [-0.39, 0.29) is 10.9 Å². The number of imidazole rings is 1. The molecule has 0 amide bonds. The van der Waals surface area contributed by atoms with Gasteiger partial charge < -0.3 is 9.13 Å². The number of aromatic nitrogens is 5. The van der Waals surface area contributed by atoms with Gasteiger partial charge in [0.05, 0.1) is 6.33 Å². The number of aryl methyl sites for hydroxylation is 2. The van der Waals surface area contributed by atoms with Crippen LogP contribution >= 0.6 is 0 Å². The predicted octanol–water partition coefficient (Wildman–Crippen LogP) is 0.675. The Hall–Kier alpha value is -1.74. The number of sulfonamides is 1. The van der Waals surface area contributed by atoms with E-state index in [0.29, 0.717) is 13.1 Å². The molecule has 0 radical (unpaired) electrons. The van der Waals surface area contributed by atoms with Crippen molar-refractivity contribution in [3.8, 4) is 0 Å². The van der Waals surface area contributed by atoms with Crippen molar-refractivity contribution >= 4 is 10.0 Å². The molecule has 1 aliphatic rings. The highest BCUT2D eigenvalue weighted by Crippen LogP contribution is 2.24. The maximum absolute atomic E-state index is 12.7. The maximum Gasteiger partial charge on any atom is 0.262 e. The molecule has 0 N–H and O–H groups in total. The van der Waals surface area contributed by atoms with Gasteiger partial charge in [-0.2, -0.15) is 4.31 Å². The monoisotopic (exact) mass is 338 g/mol. The van der Waals surface area contributed by atoms with E-state index in [2.05, 4.69) is 15.2 Å². The lowest BCUT2D eigenvalue weighted by molar-refractivity contribution is 0.261. The first-order chi connectivity index (χ1) is 11.0. The number of rotatable bonds is 5. The molecular formula is C14H22N6O2S. The second-order valence-corrected chi connectivity index (χ2v) is 7.87. The van der Waals surface area contributed by atoms with Crippen molar-refractivity contribution in [3.05, 3.63) is 24.7 Å². The Morgan fingerprint density at radius 2 is 2.17 bits per heavy atom. The minimum atomic E-state index is -3.51. The van der Waals surface area contributed by atoms with Crippen molar-refractivity contribution in [2.45, 2.75) is 37.8 Å². The topological polar surface area (TPSA) is 85.9 Å². The lowest BCUT2D eigenvalue weighted by Crippen LogP contribution is -2.40. The highest BCUT2D eigenvalue weighted by Gasteiger charge is 2.32. The Kier molecular flexibility index (Phi) is 4.49. The molecule has 3 heterocycles. The third kappa shape index (κ3) is 3.30. The SMILES string of the molecule is CCn1cnnc1CC1CCCN(S(=O)(=O)c2cn(C)cn2)C1.